The van der Waals surface area contributed by atoms with Crippen molar-refractivity contribution in [3.05, 3.63) is 33.3 Å². The fourth-order valence-corrected chi connectivity index (χ4v) is 2.31. The first-order valence-electron chi connectivity index (χ1n) is 4.74. The predicted molar refractivity (Wildman–Crippen MR) is 64.7 cm³/mol. The molecule has 1 aliphatic rings. The van der Waals surface area contributed by atoms with Crippen LogP contribution in [0.4, 0.5) is 0 Å². The standard InChI is InChI=1S/C11H11BrN2O2/c1-16-10-8-5-7(11(15)14-13)4-6(8)2-3-9(10)12/h2-3,5H,4,13H2,1H3,(H,14,15). The molecule has 0 spiro atoms. The summed E-state index contributed by atoms with van der Waals surface area (Å²) in [6.07, 6.45) is 2.39. The number of hydrazine groups is 1. The number of carbonyl (C=O) groups is 1. The number of hydrogen-bond acceptors (Lipinski definition) is 3. The molecule has 1 aromatic carbocycles. The van der Waals surface area contributed by atoms with Gasteiger partial charge in [-0.1, -0.05) is 6.07 Å². The average molecular weight is 283 g/mol. The van der Waals surface area contributed by atoms with Crippen LogP contribution in [0.1, 0.15) is 11.1 Å². The molecule has 2 rings (SSSR count). The summed E-state index contributed by atoms with van der Waals surface area (Å²) in [5.41, 5.74) is 4.79. The third kappa shape index (κ3) is 1.72. The molecule has 1 amide bonds. The van der Waals surface area contributed by atoms with Crippen LogP contribution < -0.4 is 16.0 Å². The number of benzene rings is 1. The van der Waals surface area contributed by atoms with E-state index in [1.54, 1.807) is 13.2 Å². The van der Waals surface area contributed by atoms with E-state index in [9.17, 15) is 4.79 Å². The Kier molecular flexibility index (Phi) is 2.98. The lowest BCUT2D eigenvalue weighted by molar-refractivity contribution is -0.117. The van der Waals surface area contributed by atoms with Crippen LogP contribution in [0.5, 0.6) is 5.75 Å². The number of methoxy groups -OCH3 is 1. The van der Waals surface area contributed by atoms with Crippen LogP contribution >= 0.6 is 15.9 Å². The smallest absolute Gasteiger partial charge is 0.261 e. The number of amides is 1. The number of halogens is 1. The molecule has 5 heteroatoms. The molecule has 16 heavy (non-hydrogen) atoms. The molecule has 0 bridgehead atoms. The molecular weight excluding hydrogens is 272 g/mol. The van der Waals surface area contributed by atoms with E-state index < -0.39 is 0 Å². The Labute approximate surface area is 102 Å². The molecule has 0 aliphatic heterocycles. The van der Waals surface area contributed by atoms with Gasteiger partial charge in [-0.05, 0) is 33.6 Å². The number of fused-ring (bicyclic) bond motifs is 1. The third-order valence-electron chi connectivity index (χ3n) is 2.56. The molecule has 0 saturated carbocycles. The van der Waals surface area contributed by atoms with E-state index in [0.29, 0.717) is 12.0 Å². The zero-order chi connectivity index (χ0) is 11.7. The molecule has 0 atom stereocenters. The molecule has 0 unspecified atom stereocenters. The Morgan fingerprint density at radius 1 is 1.56 bits per heavy atom. The summed E-state index contributed by atoms with van der Waals surface area (Å²) in [5, 5.41) is 0. The first kappa shape index (κ1) is 11.2. The van der Waals surface area contributed by atoms with E-state index in [4.69, 9.17) is 10.6 Å². The van der Waals surface area contributed by atoms with Crippen LogP contribution in [0.2, 0.25) is 0 Å². The Bertz CT molecular complexity index is 483. The molecule has 0 saturated heterocycles. The Morgan fingerprint density at radius 2 is 2.31 bits per heavy atom. The van der Waals surface area contributed by atoms with Gasteiger partial charge in [0, 0.05) is 17.6 Å². The quantitative estimate of drug-likeness (QED) is 0.489. The molecule has 3 N–H and O–H groups in total. The van der Waals surface area contributed by atoms with Gasteiger partial charge in [0.15, 0.2) is 0 Å². The lowest BCUT2D eigenvalue weighted by Gasteiger charge is -2.07. The van der Waals surface area contributed by atoms with Crippen molar-refractivity contribution in [3.8, 4) is 5.75 Å². The van der Waals surface area contributed by atoms with Gasteiger partial charge in [-0.3, -0.25) is 10.2 Å². The number of carbonyl (C=O) groups excluding carboxylic acids is 1. The second-order valence-corrected chi connectivity index (χ2v) is 4.33. The van der Waals surface area contributed by atoms with E-state index >= 15 is 0 Å². The highest BCUT2D eigenvalue weighted by Gasteiger charge is 2.21. The van der Waals surface area contributed by atoms with Gasteiger partial charge in [-0.25, -0.2) is 5.84 Å². The fourth-order valence-electron chi connectivity index (χ4n) is 1.80. The van der Waals surface area contributed by atoms with Crippen LogP contribution in [-0.2, 0) is 11.2 Å². The van der Waals surface area contributed by atoms with Crippen molar-refractivity contribution in [2.45, 2.75) is 6.42 Å². The zero-order valence-electron chi connectivity index (χ0n) is 8.71. The van der Waals surface area contributed by atoms with Crippen molar-refractivity contribution in [2.24, 2.45) is 5.84 Å². The summed E-state index contributed by atoms with van der Waals surface area (Å²) in [4.78, 5) is 11.4. The first-order valence-corrected chi connectivity index (χ1v) is 5.53. The highest BCUT2D eigenvalue weighted by Crippen LogP contribution is 2.37. The normalized spacial score (nSPS) is 13.1. The maximum Gasteiger partial charge on any atom is 0.261 e. The van der Waals surface area contributed by atoms with Gasteiger partial charge < -0.3 is 4.74 Å². The number of hydrogen-bond donors (Lipinski definition) is 2. The largest absolute Gasteiger partial charge is 0.495 e. The average Bonchev–Trinajstić information content (AvgIpc) is 2.71. The summed E-state index contributed by atoms with van der Waals surface area (Å²) in [5.74, 6) is 5.60. The van der Waals surface area contributed by atoms with Crippen LogP contribution in [-0.4, -0.2) is 13.0 Å². The van der Waals surface area contributed by atoms with E-state index in [2.05, 4.69) is 21.4 Å². The van der Waals surface area contributed by atoms with E-state index in [0.717, 1.165) is 21.3 Å². The van der Waals surface area contributed by atoms with Crippen molar-refractivity contribution >= 4 is 27.9 Å². The monoisotopic (exact) mass is 282 g/mol. The molecule has 0 fully saturated rings. The van der Waals surface area contributed by atoms with Crippen molar-refractivity contribution < 1.29 is 9.53 Å². The third-order valence-corrected chi connectivity index (χ3v) is 3.19. The molecule has 84 valence electrons. The molecule has 0 heterocycles. The maximum atomic E-state index is 11.4. The van der Waals surface area contributed by atoms with Gasteiger partial charge in [0.05, 0.1) is 11.6 Å². The fraction of sp³-hybridized carbons (Fsp3) is 0.182. The first-order chi connectivity index (χ1) is 7.67. The van der Waals surface area contributed by atoms with E-state index in [1.807, 2.05) is 12.1 Å². The maximum absolute atomic E-state index is 11.4. The van der Waals surface area contributed by atoms with E-state index in [-0.39, 0.29) is 5.91 Å². The van der Waals surface area contributed by atoms with Crippen molar-refractivity contribution in [3.63, 3.8) is 0 Å². The molecular formula is C11H11BrN2O2. The highest BCUT2D eigenvalue weighted by atomic mass is 79.9. The Morgan fingerprint density at radius 3 is 2.94 bits per heavy atom. The van der Waals surface area contributed by atoms with Crippen LogP contribution in [0.25, 0.3) is 6.08 Å². The van der Waals surface area contributed by atoms with Crippen LogP contribution in [0, 0.1) is 0 Å². The topological polar surface area (TPSA) is 64.3 Å². The minimum atomic E-state index is -0.255. The van der Waals surface area contributed by atoms with Crippen molar-refractivity contribution in [1.82, 2.24) is 5.43 Å². The summed E-state index contributed by atoms with van der Waals surface area (Å²) >= 11 is 3.40. The molecule has 0 radical (unpaired) electrons. The number of ether oxygens (including phenoxy) is 1. The Balaban J connectivity index is 2.46. The van der Waals surface area contributed by atoms with Gasteiger partial charge >= 0.3 is 0 Å². The second-order valence-electron chi connectivity index (χ2n) is 3.47. The zero-order valence-corrected chi connectivity index (χ0v) is 10.3. The number of nitrogens with one attached hydrogen (secondary N) is 1. The van der Waals surface area contributed by atoms with Crippen LogP contribution in [0.3, 0.4) is 0 Å². The molecule has 4 nitrogen and oxygen atoms in total. The van der Waals surface area contributed by atoms with Crippen molar-refractivity contribution in [2.75, 3.05) is 7.11 Å². The molecule has 1 aliphatic carbocycles. The van der Waals surface area contributed by atoms with Gasteiger partial charge in [0.2, 0.25) is 0 Å². The molecule has 0 aromatic heterocycles. The minimum Gasteiger partial charge on any atom is -0.495 e. The number of nitrogens with two attached hydrogens (primary N) is 1. The second kappa shape index (κ2) is 4.27. The minimum absolute atomic E-state index is 0.255. The van der Waals surface area contributed by atoms with Gasteiger partial charge in [0.25, 0.3) is 5.91 Å². The lowest BCUT2D eigenvalue weighted by atomic mass is 10.1. The van der Waals surface area contributed by atoms with Crippen molar-refractivity contribution in [1.29, 1.82) is 0 Å². The summed E-state index contributed by atoms with van der Waals surface area (Å²) < 4.78 is 6.17. The summed E-state index contributed by atoms with van der Waals surface area (Å²) in [6.45, 7) is 0. The number of rotatable bonds is 2. The summed E-state index contributed by atoms with van der Waals surface area (Å²) in [6, 6.07) is 3.88. The molecule has 1 aromatic rings. The van der Waals surface area contributed by atoms with Gasteiger partial charge in [-0.2, -0.15) is 0 Å². The van der Waals surface area contributed by atoms with E-state index in [1.165, 1.54) is 0 Å². The highest BCUT2D eigenvalue weighted by molar-refractivity contribution is 9.10. The van der Waals surface area contributed by atoms with Crippen LogP contribution in [0.15, 0.2) is 22.2 Å². The predicted octanol–water partition coefficient (Wildman–Crippen LogP) is 1.39. The SMILES string of the molecule is COc1c(Br)ccc2c1C=C(C(=O)NN)C2. The lowest BCUT2D eigenvalue weighted by Crippen LogP contribution is -2.31. The van der Waals surface area contributed by atoms with Gasteiger partial charge in [0.1, 0.15) is 5.75 Å². The summed E-state index contributed by atoms with van der Waals surface area (Å²) in [7, 11) is 1.61. The Hall–Kier alpha value is -1.33. The van der Waals surface area contributed by atoms with Gasteiger partial charge in [-0.15, -0.1) is 0 Å².